The maximum atomic E-state index is 12.7. The molecule has 0 aromatic heterocycles. The average Bonchev–Trinajstić information content (AvgIpc) is 2.49. The zero-order chi connectivity index (χ0) is 16.3. The predicted octanol–water partition coefficient (Wildman–Crippen LogP) is 2.30. The summed E-state index contributed by atoms with van der Waals surface area (Å²) < 4.78 is 5.33. The van der Waals surface area contributed by atoms with Gasteiger partial charge < -0.3 is 14.5 Å². The lowest BCUT2D eigenvalue weighted by Crippen LogP contribution is -2.58. The molecule has 0 bridgehead atoms. The third-order valence-electron chi connectivity index (χ3n) is 3.93. The molecule has 1 aromatic rings. The first-order valence-corrected chi connectivity index (χ1v) is 7.69. The van der Waals surface area contributed by atoms with Crippen molar-refractivity contribution in [3.8, 4) is 5.75 Å². The molecule has 5 nitrogen and oxygen atoms in total. The SMILES string of the molecule is COc1ccccc1N1CCN(C(=O)CC(C)C)[C@@H](C)C1=O. The number of hydrogen-bond acceptors (Lipinski definition) is 3. The average molecular weight is 304 g/mol. The molecule has 120 valence electrons. The van der Waals surface area contributed by atoms with Crippen LogP contribution in [0.1, 0.15) is 27.2 Å². The molecule has 2 amide bonds. The van der Waals surface area contributed by atoms with Crippen LogP contribution in [0.2, 0.25) is 0 Å². The van der Waals surface area contributed by atoms with Crippen LogP contribution in [0.4, 0.5) is 5.69 Å². The van der Waals surface area contributed by atoms with Crippen LogP contribution in [0, 0.1) is 5.92 Å². The minimum absolute atomic E-state index is 0.0514. The molecule has 22 heavy (non-hydrogen) atoms. The van der Waals surface area contributed by atoms with E-state index in [9.17, 15) is 9.59 Å². The van der Waals surface area contributed by atoms with Gasteiger partial charge in [-0.3, -0.25) is 9.59 Å². The fourth-order valence-corrected chi connectivity index (χ4v) is 2.77. The van der Waals surface area contributed by atoms with E-state index in [2.05, 4.69) is 0 Å². The number of nitrogens with zero attached hydrogens (tertiary/aromatic N) is 2. The number of para-hydroxylation sites is 2. The van der Waals surface area contributed by atoms with Gasteiger partial charge in [0.15, 0.2) is 0 Å². The summed E-state index contributed by atoms with van der Waals surface area (Å²) in [4.78, 5) is 28.3. The monoisotopic (exact) mass is 304 g/mol. The summed E-state index contributed by atoms with van der Waals surface area (Å²) in [5.41, 5.74) is 0.762. The summed E-state index contributed by atoms with van der Waals surface area (Å²) in [6.45, 7) is 6.86. The zero-order valence-electron chi connectivity index (χ0n) is 13.7. The molecule has 2 rings (SSSR count). The van der Waals surface area contributed by atoms with Crippen LogP contribution in [0.15, 0.2) is 24.3 Å². The van der Waals surface area contributed by atoms with E-state index in [1.165, 1.54) is 0 Å². The van der Waals surface area contributed by atoms with Gasteiger partial charge in [0.2, 0.25) is 11.8 Å². The highest BCUT2D eigenvalue weighted by atomic mass is 16.5. The van der Waals surface area contributed by atoms with E-state index in [-0.39, 0.29) is 11.8 Å². The lowest BCUT2D eigenvalue weighted by molar-refractivity contribution is -0.141. The molecule has 5 heteroatoms. The zero-order valence-corrected chi connectivity index (χ0v) is 13.7. The maximum Gasteiger partial charge on any atom is 0.249 e. The fraction of sp³-hybridized carbons (Fsp3) is 0.529. The van der Waals surface area contributed by atoms with Gasteiger partial charge in [0, 0.05) is 19.5 Å². The molecule has 1 atom stereocenters. The van der Waals surface area contributed by atoms with Gasteiger partial charge in [0.1, 0.15) is 11.8 Å². The molecular formula is C17H24N2O3. The van der Waals surface area contributed by atoms with Crippen LogP contribution in [0.3, 0.4) is 0 Å². The van der Waals surface area contributed by atoms with E-state index in [1.807, 2.05) is 38.1 Å². The molecule has 1 aromatic carbocycles. The molecule has 1 aliphatic rings. The summed E-state index contributed by atoms with van der Waals surface area (Å²) in [6, 6.07) is 7.02. The van der Waals surface area contributed by atoms with Crippen molar-refractivity contribution in [2.24, 2.45) is 5.92 Å². The van der Waals surface area contributed by atoms with Crippen molar-refractivity contribution in [1.29, 1.82) is 0 Å². The molecule has 0 unspecified atom stereocenters. The standard InChI is InChI=1S/C17H24N2O3/c1-12(2)11-16(20)18-9-10-19(17(21)13(18)3)14-7-5-6-8-15(14)22-4/h5-8,12-13H,9-11H2,1-4H3/t13-/m0/s1. The Labute approximate surface area is 131 Å². The minimum Gasteiger partial charge on any atom is -0.495 e. The normalized spacial score (nSPS) is 18.8. The van der Waals surface area contributed by atoms with Gasteiger partial charge in [-0.15, -0.1) is 0 Å². The number of piperazine rings is 1. The highest BCUT2D eigenvalue weighted by Gasteiger charge is 2.35. The molecular weight excluding hydrogens is 280 g/mol. The number of benzene rings is 1. The Bertz CT molecular complexity index is 557. The number of rotatable bonds is 4. The number of amides is 2. The number of carbonyl (C=O) groups is 2. The number of hydrogen-bond donors (Lipinski definition) is 0. The van der Waals surface area contributed by atoms with Crippen molar-refractivity contribution in [3.05, 3.63) is 24.3 Å². The molecule has 0 aliphatic carbocycles. The first-order chi connectivity index (χ1) is 10.5. The lowest BCUT2D eigenvalue weighted by atomic mass is 10.1. The van der Waals surface area contributed by atoms with Crippen molar-refractivity contribution in [2.75, 3.05) is 25.1 Å². The Morgan fingerprint density at radius 1 is 1.32 bits per heavy atom. The summed E-state index contributed by atoms with van der Waals surface area (Å²) in [6.07, 6.45) is 0.478. The van der Waals surface area contributed by atoms with E-state index < -0.39 is 6.04 Å². The molecule has 0 N–H and O–H groups in total. The topological polar surface area (TPSA) is 49.9 Å². The largest absolute Gasteiger partial charge is 0.495 e. The Kier molecular flexibility index (Phi) is 5.06. The first-order valence-electron chi connectivity index (χ1n) is 7.69. The van der Waals surface area contributed by atoms with Gasteiger partial charge in [-0.2, -0.15) is 0 Å². The second kappa shape index (κ2) is 6.81. The highest BCUT2D eigenvalue weighted by Crippen LogP contribution is 2.30. The lowest BCUT2D eigenvalue weighted by Gasteiger charge is -2.39. The summed E-state index contributed by atoms with van der Waals surface area (Å²) >= 11 is 0. The van der Waals surface area contributed by atoms with Gasteiger partial charge in [0.25, 0.3) is 0 Å². The summed E-state index contributed by atoms with van der Waals surface area (Å²) in [7, 11) is 1.59. The third kappa shape index (κ3) is 3.24. The third-order valence-corrected chi connectivity index (χ3v) is 3.93. The second-order valence-corrected chi connectivity index (χ2v) is 6.02. The first kappa shape index (κ1) is 16.3. The van der Waals surface area contributed by atoms with E-state index in [0.717, 1.165) is 5.69 Å². The quantitative estimate of drug-likeness (QED) is 0.857. The van der Waals surface area contributed by atoms with E-state index in [0.29, 0.717) is 31.2 Å². The Hall–Kier alpha value is -2.04. The second-order valence-electron chi connectivity index (χ2n) is 6.02. The van der Waals surface area contributed by atoms with E-state index in [4.69, 9.17) is 4.74 Å². The van der Waals surface area contributed by atoms with Crippen LogP contribution < -0.4 is 9.64 Å². The van der Waals surface area contributed by atoms with Gasteiger partial charge in [-0.25, -0.2) is 0 Å². The van der Waals surface area contributed by atoms with Crippen LogP contribution in [-0.2, 0) is 9.59 Å². The number of methoxy groups -OCH3 is 1. The van der Waals surface area contributed by atoms with Crippen molar-refractivity contribution in [3.63, 3.8) is 0 Å². The maximum absolute atomic E-state index is 12.7. The molecule has 1 fully saturated rings. The van der Waals surface area contributed by atoms with Gasteiger partial charge in [0.05, 0.1) is 12.8 Å². The van der Waals surface area contributed by atoms with Crippen LogP contribution in [0.25, 0.3) is 0 Å². The Morgan fingerprint density at radius 3 is 2.64 bits per heavy atom. The molecule has 1 saturated heterocycles. The van der Waals surface area contributed by atoms with Crippen molar-refractivity contribution >= 4 is 17.5 Å². The Balaban J connectivity index is 2.17. The van der Waals surface area contributed by atoms with Crippen LogP contribution in [0.5, 0.6) is 5.75 Å². The van der Waals surface area contributed by atoms with Gasteiger partial charge >= 0.3 is 0 Å². The van der Waals surface area contributed by atoms with Crippen molar-refractivity contribution in [2.45, 2.75) is 33.2 Å². The number of anilines is 1. The van der Waals surface area contributed by atoms with Gasteiger partial charge in [-0.05, 0) is 25.0 Å². The summed E-state index contributed by atoms with van der Waals surface area (Å²) in [5, 5.41) is 0. The fourth-order valence-electron chi connectivity index (χ4n) is 2.77. The van der Waals surface area contributed by atoms with Gasteiger partial charge in [-0.1, -0.05) is 26.0 Å². The van der Waals surface area contributed by atoms with Crippen molar-refractivity contribution < 1.29 is 14.3 Å². The molecule has 0 saturated carbocycles. The minimum atomic E-state index is -0.440. The molecule has 0 radical (unpaired) electrons. The predicted molar refractivity (Wildman–Crippen MR) is 86.0 cm³/mol. The molecule has 1 heterocycles. The van der Waals surface area contributed by atoms with E-state index >= 15 is 0 Å². The van der Waals surface area contributed by atoms with E-state index in [1.54, 1.807) is 23.8 Å². The highest BCUT2D eigenvalue weighted by molar-refractivity contribution is 6.01. The van der Waals surface area contributed by atoms with Crippen LogP contribution in [-0.4, -0.2) is 43.0 Å². The molecule has 1 aliphatic heterocycles. The Morgan fingerprint density at radius 2 is 2.00 bits per heavy atom. The smallest absolute Gasteiger partial charge is 0.249 e. The summed E-state index contributed by atoms with van der Waals surface area (Å²) in [5.74, 6) is 0.954. The van der Waals surface area contributed by atoms with Crippen molar-refractivity contribution in [1.82, 2.24) is 4.90 Å². The molecule has 0 spiro atoms. The number of ether oxygens (including phenoxy) is 1. The number of carbonyl (C=O) groups excluding carboxylic acids is 2. The van der Waals surface area contributed by atoms with Crippen LogP contribution >= 0.6 is 0 Å².